The Bertz CT molecular complexity index is 1920. The van der Waals surface area contributed by atoms with Gasteiger partial charge in [-0.15, -0.1) is 0 Å². The molecule has 0 amide bonds. The summed E-state index contributed by atoms with van der Waals surface area (Å²) >= 11 is -2.90. The molecular formula is C45H36Cl2Zr. The van der Waals surface area contributed by atoms with Gasteiger partial charge >= 0.3 is 282 Å². The molecule has 0 fully saturated rings. The minimum Gasteiger partial charge on any atom is -1.00 e. The summed E-state index contributed by atoms with van der Waals surface area (Å²) in [4.78, 5) is 0. The Morgan fingerprint density at radius 3 is 1.42 bits per heavy atom. The Morgan fingerprint density at radius 1 is 0.479 bits per heavy atom. The van der Waals surface area contributed by atoms with Gasteiger partial charge in [-0.05, 0) is 0 Å². The van der Waals surface area contributed by atoms with Crippen LogP contribution in [-0.4, -0.2) is 3.21 Å². The van der Waals surface area contributed by atoms with Gasteiger partial charge < -0.3 is 24.8 Å². The zero-order chi connectivity index (χ0) is 30.7. The van der Waals surface area contributed by atoms with Gasteiger partial charge in [0.1, 0.15) is 0 Å². The molecule has 2 aliphatic carbocycles. The smallest absolute Gasteiger partial charge is 1.00 e. The molecule has 0 unspecified atom stereocenters. The fourth-order valence-corrected chi connectivity index (χ4v) is 16.6. The topological polar surface area (TPSA) is 0 Å². The molecule has 0 saturated heterocycles. The van der Waals surface area contributed by atoms with E-state index in [1.54, 1.807) is 15.3 Å². The van der Waals surface area contributed by atoms with Crippen LogP contribution in [0.2, 0.25) is 0 Å². The second-order valence-corrected chi connectivity index (χ2v) is 18.5. The first-order chi connectivity index (χ1) is 22.9. The number of allylic oxidation sites excluding steroid dienone is 4. The first-order valence-electron chi connectivity index (χ1n) is 16.4. The number of benzene rings is 6. The van der Waals surface area contributed by atoms with Gasteiger partial charge in [0.25, 0.3) is 0 Å². The summed E-state index contributed by atoms with van der Waals surface area (Å²) in [7, 11) is 0. The average Bonchev–Trinajstić information content (AvgIpc) is 3.80. The van der Waals surface area contributed by atoms with Crippen LogP contribution in [0.25, 0.3) is 11.1 Å². The number of hydrogen-bond donors (Lipinski definition) is 0. The summed E-state index contributed by atoms with van der Waals surface area (Å²) in [5.41, 5.74) is 11.4. The van der Waals surface area contributed by atoms with Crippen molar-refractivity contribution in [1.82, 2.24) is 0 Å². The minimum absolute atomic E-state index is 0. The molecule has 0 aliphatic heterocycles. The van der Waals surface area contributed by atoms with Crippen LogP contribution in [0.3, 0.4) is 0 Å². The molecule has 0 radical (unpaired) electrons. The molecule has 8 rings (SSSR count). The summed E-state index contributed by atoms with van der Waals surface area (Å²) < 4.78 is 5.00. The second-order valence-electron chi connectivity index (χ2n) is 12.3. The van der Waals surface area contributed by atoms with Crippen molar-refractivity contribution >= 4 is 6.48 Å². The minimum atomic E-state index is -2.90. The van der Waals surface area contributed by atoms with E-state index in [0.29, 0.717) is 0 Å². The molecule has 0 atom stereocenters. The maximum atomic E-state index is 2.51. The van der Waals surface area contributed by atoms with Crippen LogP contribution in [-0.2, 0) is 27.7 Å². The summed E-state index contributed by atoms with van der Waals surface area (Å²) in [6, 6.07) is 61.5. The van der Waals surface area contributed by atoms with Crippen molar-refractivity contribution in [2.75, 3.05) is 0 Å². The van der Waals surface area contributed by atoms with E-state index < -0.39 is 21.3 Å². The van der Waals surface area contributed by atoms with Crippen molar-refractivity contribution in [3.05, 3.63) is 219 Å². The largest absolute Gasteiger partial charge is 1.00 e. The third-order valence-electron chi connectivity index (χ3n) is 9.65. The number of hydrogen-bond acceptors (Lipinski definition) is 0. The monoisotopic (exact) mass is 736 g/mol. The van der Waals surface area contributed by atoms with E-state index >= 15 is 0 Å². The first-order valence-corrected chi connectivity index (χ1v) is 20.1. The molecule has 6 aromatic carbocycles. The quantitative estimate of drug-likeness (QED) is 0.220. The fourth-order valence-electron chi connectivity index (χ4n) is 7.68. The molecule has 234 valence electrons. The molecular weight excluding hydrogens is 703 g/mol. The summed E-state index contributed by atoms with van der Waals surface area (Å²) in [6.07, 6.45) is 9.23. The predicted molar refractivity (Wildman–Crippen MR) is 191 cm³/mol. The third-order valence-corrected chi connectivity index (χ3v) is 17.5. The van der Waals surface area contributed by atoms with E-state index in [4.69, 9.17) is 0 Å². The van der Waals surface area contributed by atoms with Gasteiger partial charge in [0, 0.05) is 0 Å². The zero-order valence-corrected chi connectivity index (χ0v) is 30.6. The molecule has 0 N–H and O–H groups in total. The van der Waals surface area contributed by atoms with Crippen molar-refractivity contribution in [2.45, 2.75) is 24.7 Å². The summed E-state index contributed by atoms with van der Waals surface area (Å²) in [5.74, 6) is 0.312. The standard InChI is InChI=1S/C27H22.C13H9.C5H5.2ClH.Zr/c1-5-13-22(14-6-1)26(23-15-7-2-8-16-23)21-27(24-17-9-3-10-18-24)25-19-11-4-12-20-25;1-3-7-12-10(5-1)9-11-6-2-4-8-13(11)12;1-2-4-5-3-1;;;/h1-20,26-27H;1-5,7-8H,9H2;1-3H,4H2;2*1H;/q;;;;;+2/p-2. The molecule has 0 heterocycles. The summed E-state index contributed by atoms with van der Waals surface area (Å²) in [6.45, 7) is 0. The maximum Gasteiger partial charge on any atom is -1.00 e. The van der Waals surface area contributed by atoms with Crippen molar-refractivity contribution in [2.24, 2.45) is 0 Å². The van der Waals surface area contributed by atoms with Crippen LogP contribution >= 0.6 is 0 Å². The van der Waals surface area contributed by atoms with Crippen LogP contribution in [0.1, 0.15) is 51.6 Å². The van der Waals surface area contributed by atoms with E-state index in [1.807, 2.05) is 0 Å². The SMILES string of the molecule is C1=CC[C]([Zr+2](=[C](C(c2ccccc2)c2ccccc2)C(c2ccccc2)c2ccccc2)[c]2cccc3c2Cc2ccccc2-3)=C1.[Cl-].[Cl-]. The zero-order valence-electron chi connectivity index (χ0n) is 26.6. The van der Waals surface area contributed by atoms with E-state index in [1.165, 1.54) is 38.9 Å². The van der Waals surface area contributed by atoms with Crippen molar-refractivity contribution in [3.63, 3.8) is 0 Å². The van der Waals surface area contributed by atoms with Crippen molar-refractivity contribution in [3.8, 4) is 11.1 Å². The predicted octanol–water partition coefficient (Wildman–Crippen LogP) is 4.19. The van der Waals surface area contributed by atoms with Gasteiger partial charge in [0.2, 0.25) is 0 Å². The Hall–Kier alpha value is -3.87. The molecule has 3 heteroatoms. The summed E-state index contributed by atoms with van der Waals surface area (Å²) in [5, 5.41) is 0. The van der Waals surface area contributed by atoms with Gasteiger partial charge in [0.05, 0.1) is 0 Å². The van der Waals surface area contributed by atoms with Crippen LogP contribution in [0.4, 0.5) is 0 Å². The normalized spacial score (nSPS) is 12.3. The maximum absolute atomic E-state index is 2.90. The Labute approximate surface area is 304 Å². The number of fused-ring (bicyclic) bond motifs is 3. The van der Waals surface area contributed by atoms with Gasteiger partial charge in [0.15, 0.2) is 0 Å². The van der Waals surface area contributed by atoms with E-state index in [-0.39, 0.29) is 36.6 Å². The van der Waals surface area contributed by atoms with Gasteiger partial charge in [-0.3, -0.25) is 0 Å². The molecule has 0 nitrogen and oxygen atoms in total. The molecule has 0 aromatic heterocycles. The third kappa shape index (κ3) is 6.57. The molecule has 0 spiro atoms. The van der Waals surface area contributed by atoms with Crippen molar-refractivity contribution in [1.29, 1.82) is 0 Å². The molecule has 6 aromatic rings. The van der Waals surface area contributed by atoms with Crippen LogP contribution < -0.4 is 28.1 Å². The van der Waals surface area contributed by atoms with Gasteiger partial charge in [-0.25, -0.2) is 0 Å². The van der Waals surface area contributed by atoms with Gasteiger partial charge in [-0.1, -0.05) is 0 Å². The van der Waals surface area contributed by atoms with Crippen LogP contribution in [0.15, 0.2) is 185 Å². The molecule has 48 heavy (non-hydrogen) atoms. The average molecular weight is 739 g/mol. The number of rotatable bonds is 8. The van der Waals surface area contributed by atoms with Gasteiger partial charge in [-0.2, -0.15) is 0 Å². The molecule has 0 bridgehead atoms. The second kappa shape index (κ2) is 15.6. The van der Waals surface area contributed by atoms with E-state index in [2.05, 4.69) is 182 Å². The molecule has 0 saturated carbocycles. The van der Waals surface area contributed by atoms with E-state index in [9.17, 15) is 0 Å². The Balaban J connectivity index is 0.00000201. The Kier molecular flexibility index (Phi) is 11.0. The van der Waals surface area contributed by atoms with E-state index in [0.717, 1.165) is 12.8 Å². The van der Waals surface area contributed by atoms with Crippen molar-refractivity contribution < 1.29 is 46.1 Å². The fraction of sp³-hybridized carbons (Fsp3) is 0.0889. The Morgan fingerprint density at radius 2 is 0.938 bits per heavy atom. The number of halogens is 2. The first kappa shape index (κ1) is 34.0. The van der Waals surface area contributed by atoms with Crippen LogP contribution in [0, 0.1) is 0 Å². The molecule has 2 aliphatic rings. The van der Waals surface area contributed by atoms with Crippen LogP contribution in [0.5, 0.6) is 0 Å².